The molecule has 0 atom stereocenters. The Bertz CT molecular complexity index is 978. The average Bonchev–Trinajstić information content (AvgIpc) is 3.38. The highest BCUT2D eigenvalue weighted by Crippen LogP contribution is 2.26. The van der Waals surface area contributed by atoms with Gasteiger partial charge in [-0.2, -0.15) is 10.2 Å². The highest BCUT2D eigenvalue weighted by atomic mass is 15.3. The van der Waals surface area contributed by atoms with E-state index < -0.39 is 0 Å². The zero-order valence-corrected chi connectivity index (χ0v) is 17.6. The van der Waals surface area contributed by atoms with Crippen molar-refractivity contribution in [3.63, 3.8) is 0 Å². The first-order chi connectivity index (χ1) is 14.1. The van der Waals surface area contributed by atoms with Gasteiger partial charge in [0.25, 0.3) is 0 Å². The van der Waals surface area contributed by atoms with Crippen LogP contribution in [0.4, 0.5) is 0 Å². The number of likely N-dealkylation sites (N-methyl/N-ethyl adjacent to an activating group) is 1. The van der Waals surface area contributed by atoms with Crippen LogP contribution in [0.25, 0.3) is 22.3 Å². The molecule has 2 N–H and O–H groups in total. The van der Waals surface area contributed by atoms with Crippen molar-refractivity contribution in [2.45, 2.75) is 32.7 Å². The molecular weight excluding hydrogens is 364 g/mol. The van der Waals surface area contributed by atoms with Gasteiger partial charge in [0.05, 0.1) is 41.5 Å². The molecule has 8 heteroatoms. The number of rotatable bonds is 10. The van der Waals surface area contributed by atoms with Gasteiger partial charge >= 0.3 is 0 Å². The minimum atomic E-state index is 0.380. The number of hydrogen-bond donors (Lipinski definition) is 2. The molecule has 0 aliphatic carbocycles. The molecular formula is C21H30N8. The summed E-state index contributed by atoms with van der Waals surface area (Å²) in [6.07, 6.45) is 12.8. The van der Waals surface area contributed by atoms with E-state index in [1.165, 1.54) is 6.21 Å². The molecule has 29 heavy (non-hydrogen) atoms. The number of nitrogens with zero attached hydrogens (tertiary/aromatic N) is 6. The maximum atomic E-state index is 7.84. The number of hydrogen-bond acceptors (Lipinski definition) is 6. The Morgan fingerprint density at radius 1 is 1.24 bits per heavy atom. The Kier molecular flexibility index (Phi) is 6.77. The van der Waals surface area contributed by atoms with Gasteiger partial charge in [-0.1, -0.05) is 13.8 Å². The van der Waals surface area contributed by atoms with Gasteiger partial charge in [0.2, 0.25) is 0 Å². The molecule has 8 nitrogen and oxygen atoms in total. The van der Waals surface area contributed by atoms with Crippen molar-refractivity contribution >= 4 is 17.3 Å². The molecule has 3 heterocycles. The van der Waals surface area contributed by atoms with E-state index in [4.69, 9.17) is 10.4 Å². The van der Waals surface area contributed by atoms with Crippen LogP contribution in [-0.2, 0) is 0 Å². The lowest BCUT2D eigenvalue weighted by atomic mass is 10.1. The molecule has 0 saturated heterocycles. The molecule has 3 aromatic rings. The summed E-state index contributed by atoms with van der Waals surface area (Å²) in [6, 6.07) is 2.33. The van der Waals surface area contributed by atoms with E-state index in [2.05, 4.69) is 40.5 Å². The van der Waals surface area contributed by atoms with E-state index in [1.54, 1.807) is 6.20 Å². The summed E-state index contributed by atoms with van der Waals surface area (Å²) in [5, 5.41) is 20.1. The van der Waals surface area contributed by atoms with E-state index in [1.807, 2.05) is 48.0 Å². The summed E-state index contributed by atoms with van der Waals surface area (Å²) >= 11 is 0. The smallest absolute Gasteiger partial charge is 0.0999 e. The first-order valence-corrected chi connectivity index (χ1v) is 10.0. The predicted octanol–water partition coefficient (Wildman–Crippen LogP) is 3.10. The molecule has 0 spiro atoms. The van der Waals surface area contributed by atoms with Crippen molar-refractivity contribution < 1.29 is 0 Å². The molecule has 3 rings (SSSR count). The van der Waals surface area contributed by atoms with Crippen LogP contribution >= 0.6 is 0 Å². The van der Waals surface area contributed by atoms with Crippen molar-refractivity contribution in [1.29, 1.82) is 5.41 Å². The van der Waals surface area contributed by atoms with Crippen LogP contribution in [0.5, 0.6) is 0 Å². The molecule has 0 saturated carbocycles. The van der Waals surface area contributed by atoms with E-state index in [0.717, 1.165) is 42.7 Å². The van der Waals surface area contributed by atoms with Crippen LogP contribution in [0.3, 0.4) is 0 Å². The number of aromatic nitrogens is 5. The molecule has 154 valence electrons. The van der Waals surface area contributed by atoms with E-state index in [-0.39, 0.29) is 0 Å². The second kappa shape index (κ2) is 9.47. The second-order valence-electron chi connectivity index (χ2n) is 7.32. The molecule has 0 radical (unpaired) electrons. The normalized spacial score (nSPS) is 12.3. The molecule has 0 amide bonds. The minimum Gasteiger partial charge on any atom is -0.389 e. The lowest BCUT2D eigenvalue weighted by molar-refractivity contribution is 0.410. The summed E-state index contributed by atoms with van der Waals surface area (Å²) in [5.41, 5.74) is 4.09. The Balaban J connectivity index is 1.97. The topological polar surface area (TPSA) is 87.1 Å². The largest absolute Gasteiger partial charge is 0.389 e. The van der Waals surface area contributed by atoms with E-state index in [0.29, 0.717) is 17.3 Å². The lowest BCUT2D eigenvalue weighted by Crippen LogP contribution is -2.23. The first kappa shape index (κ1) is 20.7. The van der Waals surface area contributed by atoms with Gasteiger partial charge in [0.1, 0.15) is 0 Å². The summed E-state index contributed by atoms with van der Waals surface area (Å²) in [5.74, 6) is 0. The van der Waals surface area contributed by atoms with Gasteiger partial charge in [-0.15, -0.1) is 0 Å². The second-order valence-corrected chi connectivity index (χ2v) is 7.32. The van der Waals surface area contributed by atoms with Gasteiger partial charge in [0.15, 0.2) is 0 Å². The molecule has 0 fully saturated rings. The third-order valence-electron chi connectivity index (χ3n) is 4.99. The van der Waals surface area contributed by atoms with Gasteiger partial charge in [0, 0.05) is 42.8 Å². The SMILES string of the molecule is CCC(CC)n1cc(-c2nc(/C(C=N)=C/NCCN(C)C)cn3nccc23)cn1. The van der Waals surface area contributed by atoms with Crippen LogP contribution in [-0.4, -0.2) is 62.7 Å². The average molecular weight is 395 g/mol. The van der Waals surface area contributed by atoms with Crippen LogP contribution in [0, 0.1) is 5.41 Å². The van der Waals surface area contributed by atoms with E-state index >= 15 is 0 Å². The highest BCUT2D eigenvalue weighted by Gasteiger charge is 2.15. The molecule has 0 unspecified atom stereocenters. The van der Waals surface area contributed by atoms with Crippen molar-refractivity contribution in [3.05, 3.63) is 42.7 Å². The number of fused-ring (bicyclic) bond motifs is 1. The van der Waals surface area contributed by atoms with Gasteiger partial charge in [-0.3, -0.25) is 4.68 Å². The van der Waals surface area contributed by atoms with Crippen molar-refractivity contribution in [2.24, 2.45) is 0 Å². The summed E-state index contributed by atoms with van der Waals surface area (Å²) in [7, 11) is 4.06. The lowest BCUT2D eigenvalue weighted by Gasteiger charge is -2.12. The van der Waals surface area contributed by atoms with Gasteiger partial charge in [-0.25, -0.2) is 9.50 Å². The van der Waals surface area contributed by atoms with Gasteiger partial charge < -0.3 is 15.6 Å². The number of allylic oxidation sites excluding steroid dienone is 1. The molecule has 0 bridgehead atoms. The highest BCUT2D eigenvalue weighted by molar-refractivity contribution is 6.07. The third kappa shape index (κ3) is 4.71. The Morgan fingerprint density at radius 3 is 2.72 bits per heavy atom. The van der Waals surface area contributed by atoms with Gasteiger partial charge in [-0.05, 0) is 33.0 Å². The quantitative estimate of drug-likeness (QED) is 0.408. The summed E-state index contributed by atoms with van der Waals surface area (Å²) in [6.45, 7) is 6.05. The standard InChI is InChI=1S/C21H30N8/c1-5-18(6-2)28-14-17(13-25-28)21-20-7-8-24-29(20)15-19(26-21)16(11-22)12-23-9-10-27(3)4/h7-8,11-15,18,22-23H,5-6,9-10H2,1-4H3/b16-12+,22-11?. The fourth-order valence-corrected chi connectivity index (χ4v) is 3.26. The zero-order chi connectivity index (χ0) is 20.8. The van der Waals surface area contributed by atoms with E-state index in [9.17, 15) is 0 Å². The van der Waals surface area contributed by atoms with Crippen LogP contribution in [0.1, 0.15) is 38.4 Å². The first-order valence-electron chi connectivity index (χ1n) is 10.0. The van der Waals surface area contributed by atoms with Crippen LogP contribution in [0.2, 0.25) is 0 Å². The molecule has 0 aliphatic heterocycles. The Morgan fingerprint density at radius 2 is 2.03 bits per heavy atom. The third-order valence-corrected chi connectivity index (χ3v) is 4.99. The zero-order valence-electron chi connectivity index (χ0n) is 17.6. The van der Waals surface area contributed by atoms with Crippen molar-refractivity contribution in [3.8, 4) is 11.3 Å². The van der Waals surface area contributed by atoms with Crippen LogP contribution in [0.15, 0.2) is 37.1 Å². The fraction of sp³-hybridized carbons (Fsp3) is 0.429. The molecule has 0 aromatic carbocycles. The maximum absolute atomic E-state index is 7.84. The molecule has 0 aliphatic rings. The summed E-state index contributed by atoms with van der Waals surface area (Å²) < 4.78 is 3.83. The maximum Gasteiger partial charge on any atom is 0.0999 e. The Hall–Kier alpha value is -3.00. The number of nitrogens with one attached hydrogen (secondary N) is 2. The minimum absolute atomic E-state index is 0.380. The van der Waals surface area contributed by atoms with Crippen molar-refractivity contribution in [2.75, 3.05) is 27.2 Å². The molecule has 3 aromatic heterocycles. The monoisotopic (exact) mass is 394 g/mol. The summed E-state index contributed by atoms with van der Waals surface area (Å²) in [4.78, 5) is 6.97. The fourth-order valence-electron chi connectivity index (χ4n) is 3.26. The predicted molar refractivity (Wildman–Crippen MR) is 117 cm³/mol. The van der Waals surface area contributed by atoms with Crippen molar-refractivity contribution in [1.82, 2.24) is 34.6 Å². The van der Waals surface area contributed by atoms with Crippen LogP contribution < -0.4 is 5.32 Å². The Labute approximate surface area is 171 Å².